The number of hydrogen-bond donors (Lipinski definition) is 2. The zero-order chi connectivity index (χ0) is 14.3. The number of carbonyl (C=O) groups is 1. The van der Waals surface area contributed by atoms with Crippen molar-refractivity contribution in [3.63, 3.8) is 0 Å². The zero-order valence-electron chi connectivity index (χ0n) is 11.8. The van der Waals surface area contributed by atoms with E-state index in [4.69, 9.17) is 14.2 Å². The second kappa shape index (κ2) is 7.96. The van der Waals surface area contributed by atoms with Crippen molar-refractivity contribution in [2.75, 3.05) is 19.8 Å². The molecule has 8 heteroatoms. The van der Waals surface area contributed by atoms with Crippen LogP contribution in [0, 0.1) is 0 Å². The molecular formula is C12H21FmN2O5-. The van der Waals surface area contributed by atoms with Crippen LogP contribution in [0.5, 0.6) is 0 Å². The Kier molecular flexibility index (Phi) is 7.03. The molecule has 0 radical (unpaired) electrons. The Labute approximate surface area is 113 Å². The van der Waals surface area contributed by atoms with Crippen LogP contribution in [-0.4, -0.2) is 50.2 Å². The van der Waals surface area contributed by atoms with Gasteiger partial charge < -0.3 is 29.6 Å². The quantitative estimate of drug-likeness (QED) is 0.304. The number of amides is 2. The van der Waals surface area contributed by atoms with Crippen LogP contribution in [0.25, 0.3) is 0 Å². The van der Waals surface area contributed by atoms with E-state index in [-0.39, 0.29) is 12.3 Å². The predicted molar refractivity (Wildman–Crippen MR) is 67.2 cm³/mol. The van der Waals surface area contributed by atoms with Crippen LogP contribution in [0.2, 0.25) is 0 Å². The normalized spacial score (nSPS) is 22.4. The molecule has 0 unspecified atom stereocenters. The van der Waals surface area contributed by atoms with E-state index < -0.39 is 11.7 Å². The summed E-state index contributed by atoms with van der Waals surface area (Å²) in [6, 6.07) is -0.225. The van der Waals surface area contributed by atoms with Crippen LogP contribution in [0.1, 0.15) is 27.2 Å². The summed E-state index contributed by atoms with van der Waals surface area (Å²) in [6.45, 7) is 6.55. The van der Waals surface area contributed by atoms with Crippen LogP contribution >= 0.6 is 0 Å². The third-order valence-corrected chi connectivity index (χ3v) is 2.26. The first-order chi connectivity index (χ1) is 8.90. The van der Waals surface area contributed by atoms with Crippen LogP contribution in [0.15, 0.2) is 0 Å². The Bertz CT molecular complexity index is 301. The van der Waals surface area contributed by atoms with Gasteiger partial charge in [0.05, 0.1) is 19.3 Å². The molecule has 2 amide bonds. The molecule has 1 saturated heterocycles. The first kappa shape index (κ1) is 17.7. The van der Waals surface area contributed by atoms with Crippen molar-refractivity contribution in [1.29, 1.82) is 0 Å². The van der Waals surface area contributed by atoms with Crippen LogP contribution in [0.4, 0.5) is 4.79 Å². The van der Waals surface area contributed by atoms with E-state index in [9.17, 15) is 9.59 Å². The summed E-state index contributed by atoms with van der Waals surface area (Å²) in [5.41, 5.74) is -0.528. The molecule has 0 aromatic heterocycles. The van der Waals surface area contributed by atoms with Gasteiger partial charge in [0.25, 0.3) is 0 Å². The smallest absolute Gasteiger partial charge is 0.408 e. The molecule has 1 aliphatic rings. The number of nitrogens with one attached hydrogen (secondary N) is 2. The maximum Gasteiger partial charge on any atom is 0.408 e. The molecule has 1 aliphatic heterocycles. The molecule has 0 saturated carbocycles. The molecule has 0 aliphatic carbocycles. The molecule has 0 atom stereocenters. The fourth-order valence-corrected chi connectivity index (χ4v) is 1.51. The minimum Gasteiger partial charge on any atom is -0.530 e. The van der Waals surface area contributed by atoms with Gasteiger partial charge in [0.1, 0.15) is 5.60 Å². The zero-order valence-corrected chi connectivity index (χ0v) is 14.2. The molecule has 0 bridgehead atoms. The molecule has 122 valence electrons. The van der Waals surface area contributed by atoms with Crippen LogP contribution in [0.3, 0.4) is 0 Å². The van der Waals surface area contributed by atoms with Crippen molar-refractivity contribution >= 4 is 12.5 Å². The number of ether oxygens (including phenoxy) is 3. The predicted octanol–water partition coefficient (Wildman–Crippen LogP) is 0.300. The van der Waals surface area contributed by atoms with Gasteiger partial charge in [-0.05, 0) is 27.3 Å². The molecule has 1 heterocycles. The summed E-state index contributed by atoms with van der Waals surface area (Å²) in [4.78, 5) is 21.5. The second-order valence-electron chi connectivity index (χ2n) is 5.26. The fraction of sp³-hybridized carbons (Fsp3) is 0.833. The number of hydrogen-bond acceptors (Lipinski definition) is 5. The standard InChI is InChI=1S/C12H21N2O5.Fm/c1-12(2,3)19-11(16)14-9-6-17-10(18-7-9)4-5-13-8-15;/h9-10H,4-7H2,1-3H3,(H,13,15)(H,14,16);/q-1;. The topological polar surface area (TPSA) is 85.9 Å². The fourth-order valence-electron chi connectivity index (χ4n) is 1.51. The van der Waals surface area contributed by atoms with Gasteiger partial charge in [-0.1, -0.05) is 0 Å². The van der Waals surface area contributed by atoms with Gasteiger partial charge in [-0.15, -0.1) is 0 Å². The van der Waals surface area contributed by atoms with E-state index >= 15 is 0 Å². The van der Waals surface area contributed by atoms with E-state index in [1.54, 1.807) is 27.2 Å². The molecule has 1 fully saturated rings. The second-order valence-corrected chi connectivity index (χ2v) is 5.26. The SMILES string of the molecule is CC(C)(C)OC(=O)NC1COC(CCN[C-]=O)OC1.[Fm]. The van der Waals surface area contributed by atoms with E-state index in [1.807, 2.05) is 0 Å². The first-order valence-electron chi connectivity index (χ1n) is 6.23. The van der Waals surface area contributed by atoms with Crippen molar-refractivity contribution in [2.24, 2.45) is 0 Å². The van der Waals surface area contributed by atoms with Gasteiger partial charge in [0.15, 0.2) is 6.29 Å². The Morgan fingerprint density at radius 2 is 1.95 bits per heavy atom. The first-order valence-corrected chi connectivity index (χ1v) is 6.23. The summed E-state index contributed by atoms with van der Waals surface area (Å²) < 4.78 is 15.9. The Hall–Kier alpha value is -2.34. The average Bonchev–Trinajstić information content (AvgIpc) is 2.29. The Morgan fingerprint density at radius 3 is 2.45 bits per heavy atom. The van der Waals surface area contributed by atoms with Gasteiger partial charge in [-0.3, -0.25) is 0 Å². The summed E-state index contributed by atoms with van der Waals surface area (Å²) >= 11 is 0. The minimum absolute atomic E-state index is 0. The minimum atomic E-state index is -0.528. The Morgan fingerprint density at radius 1 is 1.35 bits per heavy atom. The summed E-state index contributed by atoms with van der Waals surface area (Å²) in [5, 5.41) is 5.08. The van der Waals surface area contributed by atoms with Gasteiger partial charge >= 0.3 is 6.09 Å². The molecule has 2 N–H and O–H groups in total. The van der Waals surface area contributed by atoms with Crippen LogP contribution in [-0.2, 0) is 19.0 Å². The van der Waals surface area contributed by atoms with E-state index in [0.29, 0.717) is 26.2 Å². The van der Waals surface area contributed by atoms with Crippen molar-refractivity contribution in [3.05, 3.63) is 0 Å². The van der Waals surface area contributed by atoms with E-state index in [2.05, 4.69) is 10.6 Å². The van der Waals surface area contributed by atoms with Gasteiger partial charge in [-0.2, -0.15) is 6.41 Å². The monoisotopic (exact) mass is 530 g/mol. The van der Waals surface area contributed by atoms with Gasteiger partial charge in [-0.25, -0.2) is 4.79 Å². The Balaban J connectivity index is 0.00000361. The van der Waals surface area contributed by atoms with Crippen molar-refractivity contribution in [2.45, 2.75) is 45.1 Å². The number of carbonyl (C=O) groups excluding carboxylic acids is 2. The molecule has 0 aromatic carbocycles. The van der Waals surface area contributed by atoms with Crippen molar-refractivity contribution in [3.8, 4) is 0 Å². The largest absolute Gasteiger partial charge is 0.530 e. The van der Waals surface area contributed by atoms with Crippen molar-refractivity contribution < 1.29 is 23.8 Å². The number of rotatable bonds is 5. The van der Waals surface area contributed by atoms with Crippen LogP contribution < -0.4 is 10.6 Å². The molecule has 1 rings (SSSR count). The summed E-state index contributed by atoms with van der Waals surface area (Å²) in [5.74, 6) is 0. The third kappa shape index (κ3) is 7.17. The molecule has 0 spiro atoms. The number of alkyl carbamates (subject to hydrolysis) is 1. The van der Waals surface area contributed by atoms with E-state index in [0.717, 1.165) is 0 Å². The maximum absolute atomic E-state index is 11.5. The molecule has 20 heavy (non-hydrogen) atoms. The average molecular weight is 530 g/mol. The van der Waals surface area contributed by atoms with E-state index in [1.165, 1.54) is 0 Å². The molecule has 0 aromatic rings. The summed E-state index contributed by atoms with van der Waals surface area (Å²) in [6.07, 6.45) is 1.28. The van der Waals surface area contributed by atoms with Crippen molar-refractivity contribution in [1.82, 2.24) is 10.6 Å². The van der Waals surface area contributed by atoms with Gasteiger partial charge in [0, 0.05) is 6.42 Å². The third-order valence-electron chi connectivity index (χ3n) is 2.26. The summed E-state index contributed by atoms with van der Waals surface area (Å²) in [7, 11) is 0. The molecular weight excluding hydrogens is 509 g/mol. The van der Waals surface area contributed by atoms with Gasteiger partial charge in [0.2, 0.25) is 0 Å². The maximum atomic E-state index is 11.5. The molecule has 7 nitrogen and oxygen atoms in total.